The molecule has 1 aromatic heterocycles. The molecule has 3 aromatic carbocycles. The quantitative estimate of drug-likeness (QED) is 0.325. The first-order valence-electron chi connectivity index (χ1n) is 10.8. The van der Waals surface area contributed by atoms with Crippen LogP contribution in [0, 0.1) is 0 Å². The summed E-state index contributed by atoms with van der Waals surface area (Å²) in [5.41, 5.74) is 2.02. The molecule has 4 aromatic rings. The number of rotatable bonds is 6. The molecule has 180 valence electrons. The van der Waals surface area contributed by atoms with Crippen molar-refractivity contribution >= 4 is 32.7 Å². The van der Waals surface area contributed by atoms with Crippen molar-refractivity contribution in [1.82, 2.24) is 15.3 Å². The highest BCUT2D eigenvalue weighted by atomic mass is 32.2. The van der Waals surface area contributed by atoms with E-state index in [2.05, 4.69) is 20.0 Å². The molecule has 0 spiro atoms. The normalized spacial score (nSPS) is 13.9. The van der Waals surface area contributed by atoms with Crippen molar-refractivity contribution < 1.29 is 22.7 Å². The number of hydrogen-bond donors (Lipinski definition) is 4. The second-order valence-electron chi connectivity index (χ2n) is 8.07. The molecule has 0 saturated carbocycles. The third-order valence-electron chi connectivity index (χ3n) is 5.61. The third-order valence-corrected chi connectivity index (χ3v) is 6.99. The first kappa shape index (κ1) is 22.5. The Labute approximate surface area is 200 Å². The van der Waals surface area contributed by atoms with Gasteiger partial charge in [-0.1, -0.05) is 6.07 Å². The number of amides is 1. The van der Waals surface area contributed by atoms with Gasteiger partial charge in [0.25, 0.3) is 15.9 Å². The largest absolute Gasteiger partial charge is 0.486 e. The molecule has 1 aliphatic rings. The van der Waals surface area contributed by atoms with Gasteiger partial charge in [-0.25, -0.2) is 13.2 Å². The van der Waals surface area contributed by atoms with E-state index in [9.17, 15) is 18.0 Å². The number of fused-ring (bicyclic) bond motifs is 2. The molecule has 0 fully saturated rings. The van der Waals surface area contributed by atoms with Gasteiger partial charge in [-0.15, -0.1) is 0 Å². The third kappa shape index (κ3) is 4.71. The summed E-state index contributed by atoms with van der Waals surface area (Å²) in [6.45, 7) is 2.85. The Morgan fingerprint density at radius 3 is 2.40 bits per heavy atom. The number of sulfonamides is 1. The fraction of sp³-hybridized carbons (Fsp3) is 0.167. The standard InChI is InChI=1S/C24H22N4O6S/c1-14(16-4-9-21-22(12-16)34-11-10-33-21)25-23(29)15-2-5-17(6-3-15)28-35(31,32)18-7-8-19-20(13-18)27-24(30)26-19/h2-9,12-14,28H,10-11H2,1H3,(H,25,29)(H2,26,27,30)/t14-/m1/s1. The Bertz CT molecular complexity index is 1570. The Balaban J connectivity index is 1.26. The summed E-state index contributed by atoms with van der Waals surface area (Å²) in [5, 5.41) is 2.93. The molecular weight excluding hydrogens is 472 g/mol. The first-order chi connectivity index (χ1) is 16.8. The lowest BCUT2D eigenvalue weighted by Crippen LogP contribution is -2.26. The lowest BCUT2D eigenvalue weighted by Gasteiger charge is -2.21. The number of nitrogens with one attached hydrogen (secondary N) is 4. The van der Waals surface area contributed by atoms with Crippen molar-refractivity contribution in [3.63, 3.8) is 0 Å². The fourth-order valence-electron chi connectivity index (χ4n) is 3.78. The number of hydrogen-bond acceptors (Lipinski definition) is 6. The zero-order valence-electron chi connectivity index (χ0n) is 18.6. The molecule has 1 aliphatic heterocycles. The van der Waals surface area contributed by atoms with Crippen molar-refractivity contribution in [2.75, 3.05) is 17.9 Å². The summed E-state index contributed by atoms with van der Waals surface area (Å²) in [5.74, 6) is 1.02. The van der Waals surface area contributed by atoms with E-state index in [-0.39, 0.29) is 16.8 Å². The smallest absolute Gasteiger partial charge is 0.323 e. The number of carbonyl (C=O) groups excluding carboxylic acids is 1. The minimum atomic E-state index is -3.90. The lowest BCUT2D eigenvalue weighted by atomic mass is 10.1. The highest BCUT2D eigenvalue weighted by Crippen LogP contribution is 2.32. The van der Waals surface area contributed by atoms with Gasteiger partial charge in [0.05, 0.1) is 22.0 Å². The Morgan fingerprint density at radius 2 is 1.63 bits per heavy atom. The second kappa shape index (κ2) is 8.84. The van der Waals surface area contributed by atoms with Gasteiger partial charge in [0.1, 0.15) is 13.2 Å². The van der Waals surface area contributed by atoms with E-state index < -0.39 is 15.7 Å². The number of aromatic nitrogens is 2. The van der Waals surface area contributed by atoms with E-state index in [4.69, 9.17) is 9.47 Å². The van der Waals surface area contributed by atoms with E-state index in [0.717, 1.165) is 5.56 Å². The predicted octanol–water partition coefficient (Wildman–Crippen LogP) is 2.92. The fourth-order valence-corrected chi connectivity index (χ4v) is 4.86. The number of carbonyl (C=O) groups is 1. The maximum Gasteiger partial charge on any atom is 0.323 e. The zero-order valence-corrected chi connectivity index (χ0v) is 19.4. The van der Waals surface area contributed by atoms with E-state index in [1.165, 1.54) is 42.5 Å². The van der Waals surface area contributed by atoms with E-state index in [1.54, 1.807) is 0 Å². The van der Waals surface area contributed by atoms with Gasteiger partial charge in [0.15, 0.2) is 11.5 Å². The molecule has 0 aliphatic carbocycles. The average molecular weight is 495 g/mol. The number of ether oxygens (including phenoxy) is 2. The SMILES string of the molecule is C[C@@H](NC(=O)c1ccc(NS(=O)(=O)c2ccc3[nH]c(=O)[nH]c3c2)cc1)c1ccc2c(c1)OCCO2. The van der Waals surface area contributed by atoms with Gasteiger partial charge < -0.3 is 24.8 Å². The molecular formula is C24H22N4O6S. The van der Waals surface area contributed by atoms with Crippen LogP contribution in [0.25, 0.3) is 11.0 Å². The minimum absolute atomic E-state index is 0.00433. The molecule has 1 atom stereocenters. The van der Waals surface area contributed by atoms with Crippen LogP contribution in [0.15, 0.2) is 70.4 Å². The van der Waals surface area contributed by atoms with Crippen LogP contribution in [0.1, 0.15) is 28.9 Å². The molecule has 0 bridgehead atoms. The summed E-state index contributed by atoms with van der Waals surface area (Å²) in [7, 11) is -3.90. The molecule has 10 nitrogen and oxygen atoms in total. The molecule has 4 N–H and O–H groups in total. The number of aromatic amines is 2. The maximum atomic E-state index is 12.8. The van der Waals surface area contributed by atoms with Crippen molar-refractivity contribution in [3.05, 3.63) is 82.3 Å². The lowest BCUT2D eigenvalue weighted by molar-refractivity contribution is 0.0939. The van der Waals surface area contributed by atoms with E-state index in [1.807, 2.05) is 25.1 Å². The average Bonchev–Trinajstić information content (AvgIpc) is 3.23. The van der Waals surface area contributed by atoms with E-state index in [0.29, 0.717) is 47.0 Å². The second-order valence-corrected chi connectivity index (χ2v) is 9.75. The van der Waals surface area contributed by atoms with Crippen LogP contribution in [-0.2, 0) is 10.0 Å². The van der Waals surface area contributed by atoms with Crippen LogP contribution in [0.3, 0.4) is 0 Å². The summed E-state index contributed by atoms with van der Waals surface area (Å²) < 4.78 is 39.1. The zero-order chi connectivity index (χ0) is 24.6. The summed E-state index contributed by atoms with van der Waals surface area (Å²) in [4.78, 5) is 29.2. The topological polar surface area (TPSA) is 142 Å². The van der Waals surface area contributed by atoms with Gasteiger partial charge >= 0.3 is 5.69 Å². The predicted molar refractivity (Wildman–Crippen MR) is 129 cm³/mol. The number of imidazole rings is 1. The van der Waals surface area contributed by atoms with Gasteiger partial charge in [-0.05, 0) is 67.1 Å². The molecule has 0 radical (unpaired) electrons. The number of H-pyrrole nitrogens is 2. The summed E-state index contributed by atoms with van der Waals surface area (Å²) in [6.07, 6.45) is 0. The van der Waals surface area contributed by atoms with Crippen molar-refractivity contribution in [3.8, 4) is 11.5 Å². The van der Waals surface area contributed by atoms with Crippen LogP contribution < -0.4 is 25.2 Å². The number of anilines is 1. The molecule has 11 heteroatoms. The molecule has 35 heavy (non-hydrogen) atoms. The molecule has 0 unspecified atom stereocenters. The van der Waals surface area contributed by atoms with Gasteiger partial charge in [0, 0.05) is 11.3 Å². The van der Waals surface area contributed by atoms with Gasteiger partial charge in [0.2, 0.25) is 0 Å². The summed E-state index contributed by atoms with van der Waals surface area (Å²) in [6, 6.07) is 15.6. The Hall–Kier alpha value is -4.25. The highest BCUT2D eigenvalue weighted by molar-refractivity contribution is 7.92. The van der Waals surface area contributed by atoms with Crippen LogP contribution >= 0.6 is 0 Å². The first-order valence-corrected chi connectivity index (χ1v) is 12.3. The molecule has 1 amide bonds. The Kier molecular flexibility index (Phi) is 5.69. The van der Waals surface area contributed by atoms with Crippen molar-refractivity contribution in [2.24, 2.45) is 0 Å². The van der Waals surface area contributed by atoms with Crippen molar-refractivity contribution in [1.29, 1.82) is 0 Å². The molecule has 2 heterocycles. The highest BCUT2D eigenvalue weighted by Gasteiger charge is 2.18. The van der Waals surface area contributed by atoms with Crippen LogP contribution in [0.5, 0.6) is 11.5 Å². The Morgan fingerprint density at radius 1 is 0.914 bits per heavy atom. The monoisotopic (exact) mass is 494 g/mol. The number of benzene rings is 3. The van der Waals surface area contributed by atoms with Gasteiger partial charge in [-0.2, -0.15) is 0 Å². The van der Waals surface area contributed by atoms with Crippen molar-refractivity contribution in [2.45, 2.75) is 17.9 Å². The minimum Gasteiger partial charge on any atom is -0.486 e. The van der Waals surface area contributed by atoms with Crippen LogP contribution in [-0.4, -0.2) is 37.5 Å². The maximum absolute atomic E-state index is 12.8. The van der Waals surface area contributed by atoms with Crippen LogP contribution in [0.2, 0.25) is 0 Å². The van der Waals surface area contributed by atoms with Crippen LogP contribution in [0.4, 0.5) is 5.69 Å². The van der Waals surface area contributed by atoms with E-state index >= 15 is 0 Å². The summed E-state index contributed by atoms with van der Waals surface area (Å²) >= 11 is 0. The van der Waals surface area contributed by atoms with Gasteiger partial charge in [-0.3, -0.25) is 9.52 Å². The molecule has 0 saturated heterocycles. The molecule has 5 rings (SSSR count).